The Kier molecular flexibility index (Phi) is 5.36. The van der Waals surface area contributed by atoms with Crippen LogP contribution in [0.25, 0.3) is 0 Å². The Balaban J connectivity index is 2.75. The van der Waals surface area contributed by atoms with E-state index in [1.54, 1.807) is 0 Å². The van der Waals surface area contributed by atoms with Crippen molar-refractivity contribution in [3.8, 4) is 0 Å². The number of benzene rings is 1. The van der Waals surface area contributed by atoms with Gasteiger partial charge in [0.15, 0.2) is 0 Å². The number of alkyl carbamates (subject to hydrolysis) is 1. The molecule has 4 heteroatoms. The first kappa shape index (κ1) is 15.5. The van der Waals surface area contributed by atoms with Crippen LogP contribution in [0.4, 0.5) is 4.79 Å². The molecule has 1 unspecified atom stereocenters. The molecular weight excluding hydrogens is 240 g/mol. The summed E-state index contributed by atoms with van der Waals surface area (Å²) in [5.74, 6) is 0. The Morgan fingerprint density at radius 2 is 2.11 bits per heavy atom. The maximum Gasteiger partial charge on any atom is 0.408 e. The molecule has 0 saturated carbocycles. The lowest BCUT2D eigenvalue weighted by Crippen LogP contribution is -2.37. The summed E-state index contributed by atoms with van der Waals surface area (Å²) in [5, 5.41) is 2.80. The van der Waals surface area contributed by atoms with Gasteiger partial charge in [0, 0.05) is 6.54 Å². The van der Waals surface area contributed by atoms with Gasteiger partial charge in [-0.2, -0.15) is 0 Å². The highest BCUT2D eigenvalue weighted by Crippen LogP contribution is 2.15. The molecule has 0 heterocycles. The largest absolute Gasteiger partial charge is 0.444 e. The predicted octanol–water partition coefficient (Wildman–Crippen LogP) is 2.77. The summed E-state index contributed by atoms with van der Waals surface area (Å²) in [5.41, 5.74) is 7.46. The van der Waals surface area contributed by atoms with Gasteiger partial charge in [-0.1, -0.05) is 31.2 Å². The van der Waals surface area contributed by atoms with Gasteiger partial charge in [-0.3, -0.25) is 0 Å². The van der Waals surface area contributed by atoms with Gasteiger partial charge in [-0.25, -0.2) is 4.79 Å². The van der Waals surface area contributed by atoms with Crippen LogP contribution >= 0.6 is 0 Å². The van der Waals surface area contributed by atoms with Crippen LogP contribution in [0.2, 0.25) is 0 Å². The molecule has 0 aliphatic carbocycles. The van der Waals surface area contributed by atoms with Crippen LogP contribution < -0.4 is 11.1 Å². The first-order chi connectivity index (χ1) is 8.85. The fourth-order valence-corrected chi connectivity index (χ4v) is 1.76. The molecule has 0 radical (unpaired) electrons. The fourth-order valence-electron chi connectivity index (χ4n) is 1.76. The molecule has 0 aliphatic rings. The van der Waals surface area contributed by atoms with Crippen LogP contribution in [0.15, 0.2) is 24.3 Å². The number of hydrogen-bond donors (Lipinski definition) is 2. The summed E-state index contributed by atoms with van der Waals surface area (Å²) in [6.07, 6.45) is 0.516. The quantitative estimate of drug-likeness (QED) is 0.879. The van der Waals surface area contributed by atoms with Crippen molar-refractivity contribution in [3.63, 3.8) is 0 Å². The van der Waals surface area contributed by atoms with E-state index in [1.165, 1.54) is 5.56 Å². The van der Waals surface area contributed by atoms with E-state index >= 15 is 0 Å². The molecule has 0 bridgehead atoms. The molecule has 1 rings (SSSR count). The van der Waals surface area contributed by atoms with Crippen molar-refractivity contribution < 1.29 is 9.53 Å². The number of ether oxygens (including phenoxy) is 1. The molecule has 0 saturated heterocycles. The average Bonchev–Trinajstić information content (AvgIpc) is 2.34. The van der Waals surface area contributed by atoms with E-state index < -0.39 is 11.7 Å². The lowest BCUT2D eigenvalue weighted by atomic mass is 10.0. The van der Waals surface area contributed by atoms with Gasteiger partial charge in [0.05, 0.1) is 6.04 Å². The fraction of sp³-hybridized carbons (Fsp3) is 0.533. The van der Waals surface area contributed by atoms with Crippen LogP contribution in [0, 0.1) is 0 Å². The minimum Gasteiger partial charge on any atom is -0.444 e. The van der Waals surface area contributed by atoms with Crippen molar-refractivity contribution in [2.24, 2.45) is 5.73 Å². The minimum atomic E-state index is -0.505. The first-order valence-electron chi connectivity index (χ1n) is 6.64. The molecule has 1 amide bonds. The normalized spacial score (nSPS) is 12.9. The molecule has 1 aromatic carbocycles. The third-order valence-electron chi connectivity index (χ3n) is 2.69. The zero-order valence-electron chi connectivity index (χ0n) is 12.2. The van der Waals surface area contributed by atoms with E-state index in [2.05, 4.69) is 24.4 Å². The second-order valence-corrected chi connectivity index (χ2v) is 5.53. The van der Waals surface area contributed by atoms with Crippen LogP contribution in [-0.2, 0) is 11.2 Å². The van der Waals surface area contributed by atoms with Crippen LogP contribution in [-0.4, -0.2) is 18.2 Å². The van der Waals surface area contributed by atoms with Crippen molar-refractivity contribution >= 4 is 6.09 Å². The summed E-state index contributed by atoms with van der Waals surface area (Å²) in [4.78, 5) is 11.8. The van der Waals surface area contributed by atoms with Crippen molar-refractivity contribution in [1.82, 2.24) is 5.32 Å². The van der Waals surface area contributed by atoms with E-state index in [9.17, 15) is 4.79 Å². The Morgan fingerprint density at radius 1 is 1.42 bits per heavy atom. The molecule has 106 valence electrons. The standard InChI is InChI=1S/C15H24N2O2/c1-5-11-7-6-8-12(9-11)13(10-16)17-14(18)19-15(2,3)4/h6-9,13H,5,10,16H2,1-4H3,(H,17,18). The maximum absolute atomic E-state index is 11.8. The van der Waals surface area contributed by atoms with Crippen LogP contribution in [0.3, 0.4) is 0 Å². The molecule has 4 nitrogen and oxygen atoms in total. The smallest absolute Gasteiger partial charge is 0.408 e. The number of carbonyl (C=O) groups is 1. The topological polar surface area (TPSA) is 64.3 Å². The zero-order chi connectivity index (χ0) is 14.5. The van der Waals surface area contributed by atoms with Gasteiger partial charge in [0.1, 0.15) is 5.60 Å². The van der Waals surface area contributed by atoms with Gasteiger partial charge in [-0.05, 0) is 38.3 Å². The number of hydrogen-bond acceptors (Lipinski definition) is 3. The number of aryl methyl sites for hydroxylation is 1. The summed E-state index contributed by atoms with van der Waals surface area (Å²) < 4.78 is 5.24. The second kappa shape index (κ2) is 6.57. The predicted molar refractivity (Wildman–Crippen MR) is 77.0 cm³/mol. The number of amides is 1. The van der Waals surface area contributed by atoms with Crippen LogP contribution in [0.1, 0.15) is 44.9 Å². The Bertz CT molecular complexity index is 424. The summed E-state index contributed by atoms with van der Waals surface area (Å²) >= 11 is 0. The van der Waals surface area contributed by atoms with Crippen molar-refractivity contribution in [2.75, 3.05) is 6.54 Å². The molecule has 0 fully saturated rings. The van der Waals surface area contributed by atoms with Crippen LogP contribution in [0.5, 0.6) is 0 Å². The first-order valence-corrected chi connectivity index (χ1v) is 6.64. The van der Waals surface area contributed by atoms with Crippen molar-refractivity contribution in [1.29, 1.82) is 0 Å². The summed E-state index contributed by atoms with van der Waals surface area (Å²) in [6, 6.07) is 7.85. The van der Waals surface area contributed by atoms with E-state index in [4.69, 9.17) is 10.5 Å². The van der Waals surface area contributed by atoms with Gasteiger partial charge < -0.3 is 15.8 Å². The molecule has 1 atom stereocenters. The van der Waals surface area contributed by atoms with E-state index in [1.807, 2.05) is 32.9 Å². The molecule has 0 spiro atoms. The lowest BCUT2D eigenvalue weighted by molar-refractivity contribution is 0.0505. The van der Waals surface area contributed by atoms with Gasteiger partial charge in [-0.15, -0.1) is 0 Å². The minimum absolute atomic E-state index is 0.221. The number of nitrogens with two attached hydrogens (primary N) is 1. The summed E-state index contributed by atoms with van der Waals surface area (Å²) in [6.45, 7) is 7.94. The van der Waals surface area contributed by atoms with E-state index in [0.717, 1.165) is 12.0 Å². The Hall–Kier alpha value is -1.55. The molecule has 0 aliphatic heterocycles. The highest BCUT2D eigenvalue weighted by molar-refractivity contribution is 5.68. The summed E-state index contributed by atoms with van der Waals surface area (Å²) in [7, 11) is 0. The van der Waals surface area contributed by atoms with Crippen molar-refractivity contribution in [2.45, 2.75) is 45.8 Å². The molecule has 0 aromatic heterocycles. The maximum atomic E-state index is 11.8. The van der Waals surface area contributed by atoms with E-state index in [-0.39, 0.29) is 6.04 Å². The van der Waals surface area contributed by atoms with Gasteiger partial charge in [0.2, 0.25) is 0 Å². The monoisotopic (exact) mass is 264 g/mol. The Labute approximate surface area is 115 Å². The average molecular weight is 264 g/mol. The molecule has 3 N–H and O–H groups in total. The van der Waals surface area contributed by atoms with Crippen molar-refractivity contribution in [3.05, 3.63) is 35.4 Å². The Morgan fingerprint density at radius 3 is 2.63 bits per heavy atom. The zero-order valence-corrected chi connectivity index (χ0v) is 12.2. The number of nitrogens with one attached hydrogen (secondary N) is 1. The molecule has 1 aromatic rings. The number of rotatable bonds is 4. The number of carbonyl (C=O) groups excluding carboxylic acids is 1. The SMILES string of the molecule is CCc1cccc(C(CN)NC(=O)OC(C)(C)C)c1. The lowest BCUT2D eigenvalue weighted by Gasteiger charge is -2.23. The van der Waals surface area contributed by atoms with Gasteiger partial charge >= 0.3 is 6.09 Å². The highest BCUT2D eigenvalue weighted by Gasteiger charge is 2.19. The third kappa shape index (κ3) is 5.30. The molecule has 19 heavy (non-hydrogen) atoms. The highest BCUT2D eigenvalue weighted by atomic mass is 16.6. The third-order valence-corrected chi connectivity index (χ3v) is 2.69. The van der Waals surface area contributed by atoms with E-state index in [0.29, 0.717) is 6.54 Å². The van der Waals surface area contributed by atoms with Gasteiger partial charge in [0.25, 0.3) is 0 Å². The second-order valence-electron chi connectivity index (χ2n) is 5.53. The molecular formula is C15H24N2O2.